The number of aryl methyl sites for hydroxylation is 2. The molecule has 1 saturated heterocycles. The molecule has 1 atom stereocenters. The SMILES string of the molecule is COc1ccc(C2=C(N3CCCC(CO)C3)C(=O)N(c3ccc(C)c(C)c3)C2=O)cc1OC. The number of imide groups is 1. The molecule has 7 heteroatoms. The lowest BCUT2D eigenvalue weighted by molar-refractivity contribution is -0.120. The molecule has 4 rings (SSSR count). The summed E-state index contributed by atoms with van der Waals surface area (Å²) in [6.07, 6.45) is 1.74. The third-order valence-electron chi connectivity index (χ3n) is 6.57. The average molecular weight is 451 g/mol. The van der Waals surface area contributed by atoms with Crippen molar-refractivity contribution in [2.24, 2.45) is 5.92 Å². The van der Waals surface area contributed by atoms with Crippen LogP contribution in [0.1, 0.15) is 29.5 Å². The topological polar surface area (TPSA) is 79.3 Å². The molecule has 2 aromatic rings. The molecule has 1 N–H and O–H groups in total. The molecule has 0 radical (unpaired) electrons. The van der Waals surface area contributed by atoms with E-state index in [2.05, 4.69) is 0 Å². The number of aliphatic hydroxyl groups excluding tert-OH is 1. The van der Waals surface area contributed by atoms with Gasteiger partial charge in [0.15, 0.2) is 11.5 Å². The number of likely N-dealkylation sites (tertiary alicyclic amines) is 1. The van der Waals surface area contributed by atoms with Crippen LogP contribution in [0.3, 0.4) is 0 Å². The fraction of sp³-hybridized carbons (Fsp3) is 0.385. The van der Waals surface area contributed by atoms with E-state index in [1.54, 1.807) is 31.4 Å². The van der Waals surface area contributed by atoms with Crippen molar-refractivity contribution < 1.29 is 24.2 Å². The Morgan fingerprint density at radius 3 is 2.39 bits per heavy atom. The Balaban J connectivity index is 1.85. The van der Waals surface area contributed by atoms with Crippen molar-refractivity contribution in [3.63, 3.8) is 0 Å². The summed E-state index contributed by atoms with van der Waals surface area (Å²) in [5.74, 6) is 0.391. The normalized spacial score (nSPS) is 18.9. The number of aliphatic hydroxyl groups is 1. The number of hydrogen-bond donors (Lipinski definition) is 1. The van der Waals surface area contributed by atoms with Crippen molar-refractivity contribution in [2.75, 3.05) is 38.8 Å². The van der Waals surface area contributed by atoms with Crippen molar-refractivity contribution in [1.29, 1.82) is 0 Å². The number of anilines is 1. The Morgan fingerprint density at radius 1 is 0.970 bits per heavy atom. The summed E-state index contributed by atoms with van der Waals surface area (Å²) in [7, 11) is 3.09. The van der Waals surface area contributed by atoms with Crippen molar-refractivity contribution in [2.45, 2.75) is 26.7 Å². The van der Waals surface area contributed by atoms with Gasteiger partial charge in [0, 0.05) is 19.7 Å². The van der Waals surface area contributed by atoms with Gasteiger partial charge in [0.2, 0.25) is 0 Å². The third-order valence-corrected chi connectivity index (χ3v) is 6.57. The molecule has 0 aromatic heterocycles. The van der Waals surface area contributed by atoms with Crippen LogP contribution < -0.4 is 14.4 Å². The van der Waals surface area contributed by atoms with E-state index in [-0.39, 0.29) is 24.3 Å². The quantitative estimate of drug-likeness (QED) is 0.681. The molecule has 7 nitrogen and oxygen atoms in total. The van der Waals surface area contributed by atoms with Crippen molar-refractivity contribution in [3.8, 4) is 11.5 Å². The molecule has 0 bridgehead atoms. The second-order valence-electron chi connectivity index (χ2n) is 8.64. The summed E-state index contributed by atoms with van der Waals surface area (Å²) in [5, 5.41) is 9.73. The number of amides is 2. The third kappa shape index (κ3) is 4.09. The molecule has 33 heavy (non-hydrogen) atoms. The van der Waals surface area contributed by atoms with Gasteiger partial charge < -0.3 is 19.5 Å². The molecule has 2 heterocycles. The number of rotatable bonds is 6. The van der Waals surface area contributed by atoms with E-state index >= 15 is 0 Å². The van der Waals surface area contributed by atoms with Crippen LogP contribution in [-0.2, 0) is 9.59 Å². The van der Waals surface area contributed by atoms with Crippen LogP contribution in [0.4, 0.5) is 5.69 Å². The Hall–Kier alpha value is -3.32. The minimum Gasteiger partial charge on any atom is -0.493 e. The van der Waals surface area contributed by atoms with Crippen LogP contribution in [-0.4, -0.2) is 55.7 Å². The highest BCUT2D eigenvalue weighted by molar-refractivity contribution is 6.45. The first-order chi connectivity index (χ1) is 15.9. The van der Waals surface area contributed by atoms with E-state index in [1.165, 1.54) is 12.0 Å². The van der Waals surface area contributed by atoms with Crippen molar-refractivity contribution in [3.05, 3.63) is 58.8 Å². The zero-order valence-corrected chi connectivity index (χ0v) is 19.6. The Bertz CT molecular complexity index is 1120. The fourth-order valence-electron chi connectivity index (χ4n) is 4.58. The zero-order valence-electron chi connectivity index (χ0n) is 19.6. The number of piperidine rings is 1. The maximum Gasteiger partial charge on any atom is 0.282 e. The van der Waals surface area contributed by atoms with Gasteiger partial charge >= 0.3 is 0 Å². The van der Waals surface area contributed by atoms with Crippen LogP contribution in [0, 0.1) is 19.8 Å². The Kier molecular flexibility index (Phi) is 6.42. The minimum atomic E-state index is -0.364. The first-order valence-electron chi connectivity index (χ1n) is 11.2. The van der Waals surface area contributed by atoms with Gasteiger partial charge in [0.1, 0.15) is 5.70 Å². The predicted octanol–water partition coefficient (Wildman–Crippen LogP) is 3.31. The standard InChI is InChI=1S/C26H30N2O5/c1-16-7-9-20(12-17(16)2)28-25(30)23(19-8-10-21(32-3)22(13-19)33-4)24(26(28)31)27-11-5-6-18(14-27)15-29/h7-10,12-13,18,29H,5-6,11,14-15H2,1-4H3. The molecular formula is C26H30N2O5. The highest BCUT2D eigenvalue weighted by Crippen LogP contribution is 2.39. The zero-order chi connectivity index (χ0) is 23.7. The monoisotopic (exact) mass is 450 g/mol. The van der Waals surface area contributed by atoms with Gasteiger partial charge in [0.25, 0.3) is 11.8 Å². The maximum atomic E-state index is 13.8. The molecule has 0 spiro atoms. The van der Waals surface area contributed by atoms with Crippen LogP contribution in [0.25, 0.3) is 5.57 Å². The molecule has 174 valence electrons. The summed E-state index contributed by atoms with van der Waals surface area (Å²) >= 11 is 0. The highest BCUT2D eigenvalue weighted by atomic mass is 16.5. The number of methoxy groups -OCH3 is 2. The van der Waals surface area contributed by atoms with Crippen LogP contribution in [0.5, 0.6) is 11.5 Å². The van der Waals surface area contributed by atoms with Crippen molar-refractivity contribution in [1.82, 2.24) is 4.90 Å². The number of hydrogen-bond acceptors (Lipinski definition) is 6. The molecule has 2 amide bonds. The van der Waals surface area contributed by atoms with Gasteiger partial charge in [-0.3, -0.25) is 9.59 Å². The first kappa shape index (κ1) is 22.9. The summed E-state index contributed by atoms with van der Waals surface area (Å²) in [5.41, 5.74) is 3.97. The number of carbonyl (C=O) groups excluding carboxylic acids is 2. The molecule has 1 unspecified atom stereocenters. The van der Waals surface area contributed by atoms with Crippen LogP contribution in [0.15, 0.2) is 42.1 Å². The van der Waals surface area contributed by atoms with E-state index < -0.39 is 0 Å². The Labute approximate surface area is 194 Å². The fourth-order valence-corrected chi connectivity index (χ4v) is 4.58. The predicted molar refractivity (Wildman–Crippen MR) is 126 cm³/mol. The minimum absolute atomic E-state index is 0.0540. The Morgan fingerprint density at radius 2 is 1.73 bits per heavy atom. The summed E-state index contributed by atoms with van der Waals surface area (Å²) in [6.45, 7) is 5.20. The molecule has 2 aromatic carbocycles. The van der Waals surface area contributed by atoms with E-state index in [0.717, 1.165) is 24.0 Å². The summed E-state index contributed by atoms with van der Waals surface area (Å²) in [4.78, 5) is 30.7. The highest BCUT2D eigenvalue weighted by Gasteiger charge is 2.43. The van der Waals surface area contributed by atoms with Gasteiger partial charge in [0.05, 0.1) is 25.5 Å². The smallest absolute Gasteiger partial charge is 0.282 e. The molecule has 0 aliphatic carbocycles. The van der Waals surface area contributed by atoms with Crippen LogP contribution >= 0.6 is 0 Å². The van der Waals surface area contributed by atoms with Gasteiger partial charge in [-0.25, -0.2) is 4.90 Å². The number of nitrogens with zero attached hydrogens (tertiary/aromatic N) is 2. The van der Waals surface area contributed by atoms with Gasteiger partial charge in [-0.1, -0.05) is 12.1 Å². The molecule has 0 saturated carbocycles. The number of ether oxygens (including phenoxy) is 2. The van der Waals surface area contributed by atoms with E-state index in [0.29, 0.717) is 47.1 Å². The van der Waals surface area contributed by atoms with Crippen molar-refractivity contribution >= 4 is 23.1 Å². The lowest BCUT2D eigenvalue weighted by atomic mass is 9.96. The molecule has 1 fully saturated rings. The molecule has 2 aliphatic rings. The lowest BCUT2D eigenvalue weighted by Gasteiger charge is -2.34. The average Bonchev–Trinajstić information content (AvgIpc) is 3.10. The second-order valence-corrected chi connectivity index (χ2v) is 8.64. The number of benzene rings is 2. The van der Waals surface area contributed by atoms with E-state index in [1.807, 2.05) is 30.9 Å². The second kappa shape index (κ2) is 9.27. The van der Waals surface area contributed by atoms with E-state index in [9.17, 15) is 14.7 Å². The summed E-state index contributed by atoms with van der Waals surface area (Å²) < 4.78 is 10.8. The first-order valence-corrected chi connectivity index (χ1v) is 11.2. The van der Waals surface area contributed by atoms with Crippen LogP contribution in [0.2, 0.25) is 0 Å². The lowest BCUT2D eigenvalue weighted by Crippen LogP contribution is -2.40. The van der Waals surface area contributed by atoms with Gasteiger partial charge in [-0.05, 0) is 73.6 Å². The molecule has 2 aliphatic heterocycles. The summed E-state index contributed by atoms with van der Waals surface area (Å²) in [6, 6.07) is 10.8. The maximum absolute atomic E-state index is 13.8. The van der Waals surface area contributed by atoms with E-state index in [4.69, 9.17) is 9.47 Å². The molecular weight excluding hydrogens is 420 g/mol. The largest absolute Gasteiger partial charge is 0.493 e. The van der Waals surface area contributed by atoms with Gasteiger partial charge in [-0.2, -0.15) is 0 Å². The number of carbonyl (C=O) groups is 2. The van der Waals surface area contributed by atoms with Gasteiger partial charge in [-0.15, -0.1) is 0 Å².